The van der Waals surface area contributed by atoms with Crippen LogP contribution in [0.4, 0.5) is 13.2 Å². The van der Waals surface area contributed by atoms with E-state index >= 15 is 0 Å². The molecule has 1 aromatic rings. The molecule has 5 heteroatoms. The normalized spacial score (nSPS) is 14.5. The highest BCUT2D eigenvalue weighted by atomic mass is 19.4. The van der Waals surface area contributed by atoms with Crippen LogP contribution in [0.3, 0.4) is 0 Å². The molecule has 19 heavy (non-hydrogen) atoms. The highest BCUT2D eigenvalue weighted by Gasteiger charge is 2.38. The number of pyridine rings is 1. The molecule has 0 aliphatic heterocycles. The van der Waals surface area contributed by atoms with Gasteiger partial charge in [0.25, 0.3) is 0 Å². The van der Waals surface area contributed by atoms with E-state index in [0.29, 0.717) is 6.54 Å². The van der Waals surface area contributed by atoms with E-state index in [9.17, 15) is 13.2 Å². The predicted octanol–water partition coefficient (Wildman–Crippen LogP) is 4.19. The van der Waals surface area contributed by atoms with Crippen LogP contribution in [-0.2, 0) is 6.18 Å². The van der Waals surface area contributed by atoms with E-state index in [1.54, 1.807) is 0 Å². The Bertz CT molecular complexity index is 408. The number of nitrogens with one attached hydrogen (secondary N) is 1. The average molecular weight is 274 g/mol. The number of aromatic nitrogens is 1. The van der Waals surface area contributed by atoms with E-state index in [1.165, 1.54) is 12.4 Å². The Morgan fingerprint density at radius 2 is 1.89 bits per heavy atom. The molecule has 0 aliphatic carbocycles. The van der Waals surface area contributed by atoms with Gasteiger partial charge in [-0.3, -0.25) is 4.98 Å². The van der Waals surface area contributed by atoms with Crippen molar-refractivity contribution in [1.82, 2.24) is 10.3 Å². The molecule has 0 aromatic carbocycles. The van der Waals surface area contributed by atoms with E-state index in [-0.39, 0.29) is 17.0 Å². The van der Waals surface area contributed by atoms with Crippen molar-refractivity contribution in [1.29, 1.82) is 0 Å². The SMILES string of the molecule is CCCNC(c1cnccc1C(F)(F)F)C(C)(C)C. The Hall–Kier alpha value is -1.10. The summed E-state index contributed by atoms with van der Waals surface area (Å²) in [7, 11) is 0. The maximum atomic E-state index is 13.1. The molecule has 1 heterocycles. The monoisotopic (exact) mass is 274 g/mol. The third-order valence-corrected chi connectivity index (χ3v) is 2.93. The van der Waals surface area contributed by atoms with Gasteiger partial charge in [0.2, 0.25) is 0 Å². The van der Waals surface area contributed by atoms with Crippen molar-refractivity contribution in [3.05, 3.63) is 29.6 Å². The van der Waals surface area contributed by atoms with E-state index in [1.807, 2.05) is 27.7 Å². The van der Waals surface area contributed by atoms with Crippen molar-refractivity contribution in [3.63, 3.8) is 0 Å². The minimum Gasteiger partial charge on any atom is -0.309 e. The standard InChI is InChI=1S/C14H21F3N2/c1-5-7-19-12(13(2,3)4)10-9-18-8-6-11(10)14(15,16)17/h6,8-9,12,19H,5,7H2,1-4H3. The fraction of sp³-hybridized carbons (Fsp3) is 0.643. The number of nitrogens with zero attached hydrogens (tertiary/aromatic N) is 1. The van der Waals surface area contributed by atoms with Gasteiger partial charge >= 0.3 is 6.18 Å². The van der Waals surface area contributed by atoms with Gasteiger partial charge in [0.15, 0.2) is 0 Å². The minimum absolute atomic E-state index is 0.218. The zero-order valence-corrected chi connectivity index (χ0v) is 11.8. The summed E-state index contributed by atoms with van der Waals surface area (Å²) < 4.78 is 39.2. The van der Waals surface area contributed by atoms with Gasteiger partial charge in [-0.1, -0.05) is 27.7 Å². The summed E-state index contributed by atoms with van der Waals surface area (Å²) in [6.07, 6.45) is -0.975. The topological polar surface area (TPSA) is 24.9 Å². The molecule has 0 spiro atoms. The molecule has 1 rings (SSSR count). The second kappa shape index (κ2) is 5.90. The number of alkyl halides is 3. The maximum Gasteiger partial charge on any atom is 0.416 e. The second-order valence-electron chi connectivity index (χ2n) is 5.71. The van der Waals surface area contributed by atoms with Crippen LogP contribution in [0, 0.1) is 5.41 Å². The first-order valence-electron chi connectivity index (χ1n) is 6.42. The van der Waals surface area contributed by atoms with Crippen LogP contribution >= 0.6 is 0 Å². The Labute approximate surface area is 112 Å². The Balaban J connectivity index is 3.23. The van der Waals surface area contributed by atoms with Crippen LogP contribution in [0.5, 0.6) is 0 Å². The van der Waals surface area contributed by atoms with E-state index < -0.39 is 11.7 Å². The summed E-state index contributed by atoms with van der Waals surface area (Å²) in [5.74, 6) is 0. The van der Waals surface area contributed by atoms with Gasteiger partial charge in [0, 0.05) is 24.0 Å². The first-order valence-corrected chi connectivity index (χ1v) is 6.42. The van der Waals surface area contributed by atoms with E-state index in [2.05, 4.69) is 10.3 Å². The van der Waals surface area contributed by atoms with E-state index in [0.717, 1.165) is 12.5 Å². The first-order chi connectivity index (χ1) is 8.68. The molecule has 1 unspecified atom stereocenters. The molecule has 0 amide bonds. The molecule has 0 saturated heterocycles. The Morgan fingerprint density at radius 3 is 2.37 bits per heavy atom. The van der Waals surface area contributed by atoms with Crippen molar-refractivity contribution in [2.45, 2.75) is 46.3 Å². The van der Waals surface area contributed by atoms with Gasteiger partial charge in [-0.25, -0.2) is 0 Å². The molecule has 1 N–H and O–H groups in total. The Kier molecular flexibility index (Phi) is 4.96. The number of hydrogen-bond donors (Lipinski definition) is 1. The van der Waals surface area contributed by atoms with Crippen molar-refractivity contribution in [2.24, 2.45) is 5.41 Å². The van der Waals surface area contributed by atoms with Gasteiger partial charge in [0.1, 0.15) is 0 Å². The number of rotatable bonds is 4. The summed E-state index contributed by atoms with van der Waals surface area (Å²) in [6, 6.07) is 0.666. The molecule has 0 radical (unpaired) electrons. The van der Waals surface area contributed by atoms with Crippen molar-refractivity contribution < 1.29 is 13.2 Å². The third kappa shape index (κ3) is 4.20. The zero-order chi connectivity index (χ0) is 14.7. The number of halogens is 3. The summed E-state index contributed by atoms with van der Waals surface area (Å²) in [5.41, 5.74) is -0.708. The van der Waals surface area contributed by atoms with Gasteiger partial charge in [-0.05, 0) is 24.4 Å². The highest BCUT2D eigenvalue weighted by molar-refractivity contribution is 5.30. The summed E-state index contributed by atoms with van der Waals surface area (Å²) in [4.78, 5) is 3.86. The second-order valence-corrected chi connectivity index (χ2v) is 5.71. The van der Waals surface area contributed by atoms with Crippen molar-refractivity contribution >= 4 is 0 Å². The summed E-state index contributed by atoms with van der Waals surface area (Å²) >= 11 is 0. The lowest BCUT2D eigenvalue weighted by Gasteiger charge is -2.33. The molecule has 108 valence electrons. The smallest absolute Gasteiger partial charge is 0.309 e. The molecule has 2 nitrogen and oxygen atoms in total. The van der Waals surface area contributed by atoms with Crippen LogP contribution in [-0.4, -0.2) is 11.5 Å². The molecule has 0 bridgehead atoms. The van der Waals surface area contributed by atoms with Crippen LogP contribution in [0.2, 0.25) is 0 Å². The van der Waals surface area contributed by atoms with Crippen molar-refractivity contribution in [2.75, 3.05) is 6.54 Å². The fourth-order valence-corrected chi connectivity index (χ4v) is 2.07. The third-order valence-electron chi connectivity index (χ3n) is 2.93. The average Bonchev–Trinajstić information content (AvgIpc) is 2.27. The maximum absolute atomic E-state index is 13.1. The molecule has 0 fully saturated rings. The lowest BCUT2D eigenvalue weighted by Crippen LogP contribution is -2.34. The first kappa shape index (κ1) is 16.0. The zero-order valence-electron chi connectivity index (χ0n) is 11.8. The van der Waals surface area contributed by atoms with Gasteiger partial charge < -0.3 is 5.32 Å². The molecule has 1 atom stereocenters. The van der Waals surface area contributed by atoms with Gasteiger partial charge in [-0.2, -0.15) is 13.2 Å². The van der Waals surface area contributed by atoms with Crippen molar-refractivity contribution in [3.8, 4) is 0 Å². The van der Waals surface area contributed by atoms with Crippen LogP contribution < -0.4 is 5.32 Å². The fourth-order valence-electron chi connectivity index (χ4n) is 2.07. The molecule has 0 aliphatic rings. The van der Waals surface area contributed by atoms with Crippen LogP contribution in [0.15, 0.2) is 18.5 Å². The molecular weight excluding hydrogens is 253 g/mol. The van der Waals surface area contributed by atoms with Gasteiger partial charge in [-0.15, -0.1) is 0 Å². The quantitative estimate of drug-likeness (QED) is 0.890. The minimum atomic E-state index is -4.35. The predicted molar refractivity (Wildman–Crippen MR) is 69.7 cm³/mol. The molecular formula is C14H21F3N2. The van der Waals surface area contributed by atoms with Crippen LogP contribution in [0.1, 0.15) is 51.3 Å². The molecule has 1 aromatic heterocycles. The largest absolute Gasteiger partial charge is 0.416 e. The lowest BCUT2D eigenvalue weighted by molar-refractivity contribution is -0.138. The number of hydrogen-bond acceptors (Lipinski definition) is 2. The Morgan fingerprint density at radius 1 is 1.26 bits per heavy atom. The summed E-state index contributed by atoms with van der Waals surface area (Å²) in [6.45, 7) is 8.43. The highest BCUT2D eigenvalue weighted by Crippen LogP contribution is 2.40. The van der Waals surface area contributed by atoms with Gasteiger partial charge in [0.05, 0.1) is 5.56 Å². The lowest BCUT2D eigenvalue weighted by atomic mass is 9.81. The molecule has 0 saturated carbocycles. The van der Waals surface area contributed by atoms with E-state index in [4.69, 9.17) is 0 Å². The summed E-state index contributed by atoms with van der Waals surface area (Å²) in [5, 5.41) is 3.20. The van der Waals surface area contributed by atoms with Crippen LogP contribution in [0.25, 0.3) is 0 Å².